The molecule has 0 aliphatic carbocycles. The fraction of sp³-hybridized carbons (Fsp3) is 0.211. The summed E-state index contributed by atoms with van der Waals surface area (Å²) in [6.07, 6.45) is 0.161. The number of nitrogens with one attached hydrogen (secondary N) is 2. The van der Waals surface area contributed by atoms with Gasteiger partial charge >= 0.3 is 5.97 Å². The molecule has 2 aromatic rings. The minimum atomic E-state index is -0.623. The SMILES string of the molecule is O=C(Cc1ccccc1)NCCC(=O)OCC(=O)Nc1ccc(F)c(Cl)c1. The number of carbonyl (C=O) groups is 3. The van der Waals surface area contributed by atoms with E-state index >= 15 is 0 Å². The van der Waals surface area contributed by atoms with E-state index in [2.05, 4.69) is 10.6 Å². The van der Waals surface area contributed by atoms with Gasteiger partial charge < -0.3 is 15.4 Å². The van der Waals surface area contributed by atoms with Crippen LogP contribution in [0.5, 0.6) is 0 Å². The van der Waals surface area contributed by atoms with Gasteiger partial charge in [-0.15, -0.1) is 0 Å². The second-order valence-corrected chi connectivity index (χ2v) is 6.01. The lowest BCUT2D eigenvalue weighted by Gasteiger charge is -2.08. The summed E-state index contributed by atoms with van der Waals surface area (Å²) in [5.41, 5.74) is 1.16. The molecule has 0 radical (unpaired) electrons. The number of amides is 2. The van der Waals surface area contributed by atoms with Crippen molar-refractivity contribution in [1.82, 2.24) is 5.32 Å². The molecule has 0 aromatic heterocycles. The summed E-state index contributed by atoms with van der Waals surface area (Å²) in [6.45, 7) is -0.383. The van der Waals surface area contributed by atoms with Crippen LogP contribution in [0.3, 0.4) is 0 Å². The highest BCUT2D eigenvalue weighted by Gasteiger charge is 2.10. The van der Waals surface area contributed by atoms with Crippen molar-refractivity contribution in [1.29, 1.82) is 0 Å². The number of rotatable bonds is 8. The molecule has 0 heterocycles. The summed E-state index contributed by atoms with van der Waals surface area (Å²) in [5.74, 6) is -2.02. The second-order valence-electron chi connectivity index (χ2n) is 5.60. The lowest BCUT2D eigenvalue weighted by Crippen LogP contribution is -2.28. The molecule has 142 valence electrons. The van der Waals surface area contributed by atoms with Gasteiger partial charge in [-0.05, 0) is 23.8 Å². The predicted octanol–water partition coefficient (Wildman–Crippen LogP) is 2.71. The van der Waals surface area contributed by atoms with Crippen LogP contribution in [0.2, 0.25) is 5.02 Å². The molecule has 8 heteroatoms. The van der Waals surface area contributed by atoms with Crippen LogP contribution < -0.4 is 10.6 Å². The maximum Gasteiger partial charge on any atom is 0.308 e. The molecule has 0 fully saturated rings. The van der Waals surface area contributed by atoms with Gasteiger partial charge in [0.1, 0.15) is 5.82 Å². The van der Waals surface area contributed by atoms with Gasteiger partial charge in [0.05, 0.1) is 17.9 Å². The van der Waals surface area contributed by atoms with Gasteiger partial charge in [0, 0.05) is 12.2 Å². The molecule has 2 rings (SSSR count). The van der Waals surface area contributed by atoms with Crippen molar-refractivity contribution in [2.45, 2.75) is 12.8 Å². The van der Waals surface area contributed by atoms with Crippen LogP contribution >= 0.6 is 11.6 Å². The van der Waals surface area contributed by atoms with Crippen molar-refractivity contribution < 1.29 is 23.5 Å². The second kappa shape index (κ2) is 10.3. The number of benzene rings is 2. The van der Waals surface area contributed by atoms with Gasteiger partial charge in [0.15, 0.2) is 6.61 Å². The molecule has 0 spiro atoms. The van der Waals surface area contributed by atoms with Crippen molar-refractivity contribution in [3.8, 4) is 0 Å². The van der Waals surface area contributed by atoms with Gasteiger partial charge in [-0.1, -0.05) is 41.9 Å². The highest BCUT2D eigenvalue weighted by atomic mass is 35.5. The van der Waals surface area contributed by atoms with Crippen LogP contribution in [0.1, 0.15) is 12.0 Å². The molecule has 0 saturated heterocycles. The molecule has 0 bridgehead atoms. The van der Waals surface area contributed by atoms with Gasteiger partial charge in [-0.3, -0.25) is 14.4 Å². The van der Waals surface area contributed by atoms with Crippen molar-refractivity contribution >= 4 is 35.1 Å². The Labute approximate surface area is 160 Å². The Morgan fingerprint density at radius 1 is 1.04 bits per heavy atom. The fourth-order valence-corrected chi connectivity index (χ4v) is 2.32. The Morgan fingerprint density at radius 2 is 1.78 bits per heavy atom. The van der Waals surface area contributed by atoms with E-state index in [9.17, 15) is 18.8 Å². The molecule has 2 amide bonds. The van der Waals surface area contributed by atoms with E-state index in [1.165, 1.54) is 12.1 Å². The van der Waals surface area contributed by atoms with E-state index in [1.54, 1.807) is 0 Å². The number of halogens is 2. The Kier molecular flexibility index (Phi) is 7.76. The average molecular weight is 393 g/mol. The first kappa shape index (κ1) is 20.4. The maximum absolute atomic E-state index is 13.0. The van der Waals surface area contributed by atoms with Crippen LogP contribution in [0, 0.1) is 5.82 Å². The first-order valence-electron chi connectivity index (χ1n) is 8.15. The van der Waals surface area contributed by atoms with Crippen molar-refractivity contribution in [3.05, 3.63) is 64.9 Å². The van der Waals surface area contributed by atoms with Gasteiger partial charge in [0.25, 0.3) is 5.91 Å². The largest absolute Gasteiger partial charge is 0.456 e. The van der Waals surface area contributed by atoms with Crippen LogP contribution in [0.15, 0.2) is 48.5 Å². The lowest BCUT2D eigenvalue weighted by atomic mass is 10.1. The quantitative estimate of drug-likeness (QED) is 0.676. The number of anilines is 1. The summed E-state index contributed by atoms with van der Waals surface area (Å²) in [4.78, 5) is 35.1. The first-order valence-corrected chi connectivity index (χ1v) is 8.53. The summed E-state index contributed by atoms with van der Waals surface area (Å²) in [7, 11) is 0. The minimum Gasteiger partial charge on any atom is -0.456 e. The van der Waals surface area contributed by atoms with E-state index in [4.69, 9.17) is 16.3 Å². The molecular formula is C19H18ClFN2O4. The summed E-state index contributed by atoms with van der Waals surface area (Å²) >= 11 is 5.61. The van der Waals surface area contributed by atoms with Gasteiger partial charge in [-0.2, -0.15) is 0 Å². The topological polar surface area (TPSA) is 84.5 Å². The molecule has 0 aliphatic heterocycles. The number of ether oxygens (including phenoxy) is 1. The van der Waals surface area contributed by atoms with E-state index in [0.717, 1.165) is 11.6 Å². The van der Waals surface area contributed by atoms with Crippen LogP contribution in [-0.2, 0) is 25.5 Å². The number of hydrogen-bond acceptors (Lipinski definition) is 4. The molecule has 27 heavy (non-hydrogen) atoms. The average Bonchev–Trinajstić information content (AvgIpc) is 2.64. The molecule has 0 aliphatic rings. The maximum atomic E-state index is 13.0. The summed E-state index contributed by atoms with van der Waals surface area (Å²) in [5, 5.41) is 4.91. The molecule has 2 N–H and O–H groups in total. The number of esters is 1. The zero-order valence-electron chi connectivity index (χ0n) is 14.3. The van der Waals surface area contributed by atoms with Crippen LogP contribution in [0.25, 0.3) is 0 Å². The monoisotopic (exact) mass is 392 g/mol. The Balaban J connectivity index is 1.63. The minimum absolute atomic E-state index is 0.0593. The number of carbonyl (C=O) groups excluding carboxylic acids is 3. The third-order valence-corrected chi connectivity index (χ3v) is 3.72. The first-order chi connectivity index (χ1) is 12.9. The van der Waals surface area contributed by atoms with Crippen LogP contribution in [-0.4, -0.2) is 30.9 Å². The molecule has 0 atom stereocenters. The van der Waals surface area contributed by atoms with E-state index in [1.807, 2.05) is 30.3 Å². The zero-order chi connectivity index (χ0) is 19.6. The summed E-state index contributed by atoms with van der Waals surface area (Å²) < 4.78 is 17.9. The fourth-order valence-electron chi connectivity index (χ4n) is 2.14. The third kappa shape index (κ3) is 7.45. The molecule has 6 nitrogen and oxygen atoms in total. The Morgan fingerprint density at radius 3 is 2.48 bits per heavy atom. The number of hydrogen-bond donors (Lipinski definition) is 2. The van der Waals surface area contributed by atoms with Gasteiger partial charge in [0.2, 0.25) is 5.91 Å². The predicted molar refractivity (Wildman–Crippen MR) is 98.8 cm³/mol. The van der Waals surface area contributed by atoms with Crippen molar-refractivity contribution in [3.63, 3.8) is 0 Å². The van der Waals surface area contributed by atoms with E-state index in [0.29, 0.717) is 0 Å². The van der Waals surface area contributed by atoms with Crippen molar-refractivity contribution in [2.75, 3.05) is 18.5 Å². The molecule has 0 saturated carbocycles. The smallest absolute Gasteiger partial charge is 0.308 e. The Hall–Kier alpha value is -2.93. The zero-order valence-corrected chi connectivity index (χ0v) is 15.1. The van der Waals surface area contributed by atoms with E-state index < -0.39 is 24.3 Å². The molecular weight excluding hydrogens is 375 g/mol. The van der Waals surface area contributed by atoms with Gasteiger partial charge in [-0.25, -0.2) is 4.39 Å². The van der Waals surface area contributed by atoms with E-state index in [-0.39, 0.29) is 36.0 Å². The van der Waals surface area contributed by atoms with Crippen molar-refractivity contribution in [2.24, 2.45) is 0 Å². The lowest BCUT2D eigenvalue weighted by molar-refractivity contribution is -0.147. The highest BCUT2D eigenvalue weighted by molar-refractivity contribution is 6.31. The van der Waals surface area contributed by atoms with Crippen LogP contribution in [0.4, 0.5) is 10.1 Å². The highest BCUT2D eigenvalue weighted by Crippen LogP contribution is 2.19. The normalized spacial score (nSPS) is 10.1. The molecule has 0 unspecified atom stereocenters. The standard InChI is InChI=1S/C19H18ClFN2O4/c20-15-11-14(6-7-16(15)21)23-18(25)12-27-19(26)8-9-22-17(24)10-13-4-2-1-3-5-13/h1-7,11H,8-10,12H2,(H,22,24)(H,23,25). The Bertz CT molecular complexity index is 815. The third-order valence-electron chi connectivity index (χ3n) is 3.43. The summed E-state index contributed by atoms with van der Waals surface area (Å²) in [6, 6.07) is 12.9. The molecule has 2 aromatic carbocycles.